The summed E-state index contributed by atoms with van der Waals surface area (Å²) >= 11 is 0. The molecule has 1 saturated carbocycles. The van der Waals surface area contributed by atoms with Crippen LogP contribution in [0.4, 0.5) is 0 Å². The standard InChI is InChI=1S/C15H32N2/c1-13(2)7-10-17(4)12-15(11-16)8-5-14(3)6-9-15/h13-14H,5-12,16H2,1-4H3. The van der Waals surface area contributed by atoms with E-state index in [1.165, 1.54) is 45.2 Å². The molecule has 0 bridgehead atoms. The minimum absolute atomic E-state index is 0.415. The van der Waals surface area contributed by atoms with Gasteiger partial charge in [0.15, 0.2) is 0 Å². The quantitative estimate of drug-likeness (QED) is 0.773. The van der Waals surface area contributed by atoms with E-state index in [4.69, 9.17) is 5.73 Å². The van der Waals surface area contributed by atoms with Crippen molar-refractivity contribution in [2.45, 2.75) is 52.9 Å². The summed E-state index contributed by atoms with van der Waals surface area (Å²) in [6.07, 6.45) is 6.70. The Morgan fingerprint density at radius 1 is 1.29 bits per heavy atom. The molecule has 0 aromatic rings. The molecule has 0 atom stereocenters. The summed E-state index contributed by atoms with van der Waals surface area (Å²) < 4.78 is 0. The number of hydrogen-bond donors (Lipinski definition) is 1. The van der Waals surface area contributed by atoms with E-state index in [9.17, 15) is 0 Å². The molecule has 2 N–H and O–H groups in total. The van der Waals surface area contributed by atoms with Gasteiger partial charge in [-0.2, -0.15) is 0 Å². The Morgan fingerprint density at radius 3 is 2.35 bits per heavy atom. The average Bonchev–Trinajstić information content (AvgIpc) is 2.30. The number of hydrogen-bond acceptors (Lipinski definition) is 2. The summed E-state index contributed by atoms with van der Waals surface area (Å²) in [5, 5.41) is 0. The normalized spacial score (nSPS) is 30.2. The zero-order chi connectivity index (χ0) is 12.9. The molecule has 0 aliphatic heterocycles. The second-order valence-corrected chi connectivity index (χ2v) is 6.81. The fourth-order valence-corrected chi connectivity index (χ4v) is 2.93. The average molecular weight is 240 g/mol. The predicted molar refractivity (Wildman–Crippen MR) is 76.1 cm³/mol. The van der Waals surface area contributed by atoms with Crippen molar-refractivity contribution in [1.82, 2.24) is 4.90 Å². The minimum Gasteiger partial charge on any atom is -0.330 e. The largest absolute Gasteiger partial charge is 0.330 e. The molecule has 0 aromatic heterocycles. The van der Waals surface area contributed by atoms with Crippen LogP contribution in [0.25, 0.3) is 0 Å². The van der Waals surface area contributed by atoms with E-state index in [2.05, 4.69) is 32.7 Å². The SMILES string of the molecule is CC(C)CCN(C)CC1(CN)CCC(C)CC1. The zero-order valence-electron chi connectivity index (χ0n) is 12.3. The van der Waals surface area contributed by atoms with Gasteiger partial charge in [0.25, 0.3) is 0 Å². The molecule has 0 unspecified atom stereocenters. The lowest BCUT2D eigenvalue weighted by atomic mass is 9.70. The van der Waals surface area contributed by atoms with E-state index in [0.29, 0.717) is 5.41 Å². The van der Waals surface area contributed by atoms with Gasteiger partial charge in [-0.3, -0.25) is 0 Å². The molecule has 1 aliphatic rings. The summed E-state index contributed by atoms with van der Waals surface area (Å²) in [7, 11) is 2.26. The van der Waals surface area contributed by atoms with E-state index in [1.54, 1.807) is 0 Å². The summed E-state index contributed by atoms with van der Waals surface area (Å²) in [5.41, 5.74) is 6.48. The molecule has 0 saturated heterocycles. The van der Waals surface area contributed by atoms with Crippen molar-refractivity contribution in [3.05, 3.63) is 0 Å². The Bertz CT molecular complexity index is 205. The minimum atomic E-state index is 0.415. The molecular weight excluding hydrogens is 208 g/mol. The summed E-state index contributed by atoms with van der Waals surface area (Å²) in [5.74, 6) is 1.72. The Kier molecular flexibility index (Phi) is 5.94. The highest BCUT2D eigenvalue weighted by atomic mass is 15.1. The first-order valence-corrected chi connectivity index (χ1v) is 7.36. The molecule has 1 aliphatic carbocycles. The molecule has 2 nitrogen and oxygen atoms in total. The lowest BCUT2D eigenvalue weighted by molar-refractivity contribution is 0.106. The van der Waals surface area contributed by atoms with Crippen molar-refractivity contribution < 1.29 is 0 Å². The third-order valence-corrected chi connectivity index (χ3v) is 4.46. The monoisotopic (exact) mass is 240 g/mol. The molecular formula is C15H32N2. The predicted octanol–water partition coefficient (Wildman–Crippen LogP) is 3.12. The molecule has 1 fully saturated rings. The lowest BCUT2D eigenvalue weighted by Crippen LogP contribution is -2.44. The topological polar surface area (TPSA) is 29.3 Å². The van der Waals surface area contributed by atoms with Crippen molar-refractivity contribution >= 4 is 0 Å². The van der Waals surface area contributed by atoms with Gasteiger partial charge in [-0.15, -0.1) is 0 Å². The van der Waals surface area contributed by atoms with E-state index < -0.39 is 0 Å². The van der Waals surface area contributed by atoms with Gasteiger partial charge in [-0.05, 0) is 56.7 Å². The first-order valence-electron chi connectivity index (χ1n) is 7.36. The van der Waals surface area contributed by atoms with Crippen LogP contribution >= 0.6 is 0 Å². The van der Waals surface area contributed by atoms with E-state index in [1.807, 2.05) is 0 Å². The fourth-order valence-electron chi connectivity index (χ4n) is 2.93. The first kappa shape index (κ1) is 15.0. The van der Waals surface area contributed by atoms with Gasteiger partial charge in [-0.25, -0.2) is 0 Å². The van der Waals surface area contributed by atoms with Crippen LogP contribution in [0.1, 0.15) is 52.9 Å². The Hall–Kier alpha value is -0.0800. The van der Waals surface area contributed by atoms with Crippen LogP contribution in [0.2, 0.25) is 0 Å². The van der Waals surface area contributed by atoms with Gasteiger partial charge < -0.3 is 10.6 Å². The Morgan fingerprint density at radius 2 is 1.88 bits per heavy atom. The van der Waals surface area contributed by atoms with E-state index in [-0.39, 0.29) is 0 Å². The van der Waals surface area contributed by atoms with E-state index in [0.717, 1.165) is 18.4 Å². The molecule has 102 valence electrons. The van der Waals surface area contributed by atoms with Crippen LogP contribution in [0.3, 0.4) is 0 Å². The van der Waals surface area contributed by atoms with Crippen molar-refractivity contribution in [2.75, 3.05) is 26.7 Å². The van der Waals surface area contributed by atoms with Crippen LogP contribution in [0.5, 0.6) is 0 Å². The molecule has 0 amide bonds. The van der Waals surface area contributed by atoms with Crippen LogP contribution in [-0.4, -0.2) is 31.6 Å². The molecule has 1 rings (SSSR count). The van der Waals surface area contributed by atoms with E-state index >= 15 is 0 Å². The lowest BCUT2D eigenvalue weighted by Gasteiger charge is -2.41. The van der Waals surface area contributed by atoms with Gasteiger partial charge in [0.1, 0.15) is 0 Å². The third kappa shape index (κ3) is 4.97. The Balaban J connectivity index is 2.40. The highest BCUT2D eigenvalue weighted by molar-refractivity contribution is 4.87. The number of nitrogens with two attached hydrogens (primary N) is 1. The maximum atomic E-state index is 6.06. The van der Waals surface area contributed by atoms with Crippen LogP contribution in [-0.2, 0) is 0 Å². The van der Waals surface area contributed by atoms with Gasteiger partial charge >= 0.3 is 0 Å². The van der Waals surface area contributed by atoms with Gasteiger partial charge in [0.05, 0.1) is 0 Å². The van der Waals surface area contributed by atoms with Gasteiger partial charge in [-0.1, -0.05) is 33.6 Å². The van der Waals surface area contributed by atoms with Crippen molar-refractivity contribution in [1.29, 1.82) is 0 Å². The zero-order valence-corrected chi connectivity index (χ0v) is 12.3. The highest BCUT2D eigenvalue weighted by Gasteiger charge is 2.33. The molecule has 0 spiro atoms. The second kappa shape index (κ2) is 6.75. The van der Waals surface area contributed by atoms with Crippen molar-refractivity contribution in [3.63, 3.8) is 0 Å². The van der Waals surface area contributed by atoms with Crippen LogP contribution in [0.15, 0.2) is 0 Å². The highest BCUT2D eigenvalue weighted by Crippen LogP contribution is 2.38. The summed E-state index contributed by atoms with van der Waals surface area (Å²) in [6, 6.07) is 0. The second-order valence-electron chi connectivity index (χ2n) is 6.81. The van der Waals surface area contributed by atoms with Gasteiger partial charge in [0, 0.05) is 6.54 Å². The third-order valence-electron chi connectivity index (χ3n) is 4.46. The summed E-state index contributed by atoms with van der Waals surface area (Å²) in [4.78, 5) is 2.50. The van der Waals surface area contributed by atoms with Crippen molar-refractivity contribution in [2.24, 2.45) is 23.0 Å². The number of nitrogens with zero attached hydrogens (tertiary/aromatic N) is 1. The molecule has 0 aromatic carbocycles. The maximum absolute atomic E-state index is 6.06. The molecule has 2 heteroatoms. The molecule has 17 heavy (non-hydrogen) atoms. The molecule has 0 radical (unpaired) electrons. The van der Waals surface area contributed by atoms with Crippen LogP contribution < -0.4 is 5.73 Å². The van der Waals surface area contributed by atoms with Gasteiger partial charge in [0.2, 0.25) is 0 Å². The fraction of sp³-hybridized carbons (Fsp3) is 1.00. The first-order chi connectivity index (χ1) is 7.97. The summed E-state index contributed by atoms with van der Waals surface area (Å²) in [6.45, 7) is 10.3. The number of rotatable bonds is 6. The smallest absolute Gasteiger partial charge is 0.00470 e. The molecule has 0 heterocycles. The Labute approximate surface area is 108 Å². The van der Waals surface area contributed by atoms with Crippen molar-refractivity contribution in [3.8, 4) is 0 Å². The van der Waals surface area contributed by atoms with Crippen LogP contribution in [0, 0.1) is 17.3 Å². The maximum Gasteiger partial charge on any atom is 0.00470 e.